The van der Waals surface area contributed by atoms with E-state index in [9.17, 15) is 4.79 Å². The van der Waals surface area contributed by atoms with Gasteiger partial charge in [0.25, 0.3) is 0 Å². The minimum atomic E-state index is -0.685. The van der Waals surface area contributed by atoms with Gasteiger partial charge in [-0.3, -0.25) is 9.69 Å². The molecule has 6 heteroatoms. The summed E-state index contributed by atoms with van der Waals surface area (Å²) in [5, 5.41) is 3.01. The van der Waals surface area contributed by atoms with E-state index in [1.54, 1.807) is 13.2 Å². The molecule has 2 atom stereocenters. The number of nitrogens with one attached hydrogen (secondary N) is 1. The molecule has 6 nitrogen and oxygen atoms in total. The second-order valence-electron chi connectivity index (χ2n) is 5.37. The normalized spacial score (nSPS) is 16.3. The van der Waals surface area contributed by atoms with Crippen LogP contribution in [0.1, 0.15) is 26.1 Å². The third-order valence-electron chi connectivity index (χ3n) is 3.86. The Morgan fingerprint density at radius 3 is 2.74 bits per heavy atom. The molecule has 108 valence electrons. The monoisotopic (exact) mass is 267 g/mol. The Balaban J connectivity index is 2.65. The molecule has 0 spiro atoms. The van der Waals surface area contributed by atoms with E-state index >= 15 is 0 Å². The van der Waals surface area contributed by atoms with E-state index in [0.29, 0.717) is 6.42 Å². The van der Waals surface area contributed by atoms with Crippen LogP contribution >= 0.6 is 0 Å². The highest BCUT2D eigenvalue weighted by molar-refractivity contribution is 5.84. The molecule has 0 saturated carbocycles. The summed E-state index contributed by atoms with van der Waals surface area (Å²) in [6.07, 6.45) is 4.36. The molecule has 0 saturated heterocycles. The van der Waals surface area contributed by atoms with Crippen LogP contribution in [0.2, 0.25) is 0 Å². The Labute approximate surface area is 115 Å². The van der Waals surface area contributed by atoms with Crippen molar-refractivity contribution in [1.29, 1.82) is 0 Å². The van der Waals surface area contributed by atoms with Gasteiger partial charge in [0.1, 0.15) is 5.82 Å². The molecule has 3 N–H and O–H groups in total. The highest BCUT2D eigenvalue weighted by Gasteiger charge is 2.32. The van der Waals surface area contributed by atoms with E-state index in [0.717, 1.165) is 12.4 Å². The lowest BCUT2D eigenvalue weighted by atomic mass is 9.92. The molecular formula is C13H25N5O. The van der Waals surface area contributed by atoms with Crippen molar-refractivity contribution < 1.29 is 4.79 Å². The summed E-state index contributed by atoms with van der Waals surface area (Å²) in [7, 11) is 5.76. The van der Waals surface area contributed by atoms with Crippen LogP contribution in [0.5, 0.6) is 0 Å². The summed E-state index contributed by atoms with van der Waals surface area (Å²) in [5.74, 6) is 0.673. The number of nitrogens with zero attached hydrogens (tertiary/aromatic N) is 3. The number of rotatable bonds is 7. The molecule has 1 rings (SSSR count). The van der Waals surface area contributed by atoms with Gasteiger partial charge in [-0.05, 0) is 34.4 Å². The minimum Gasteiger partial charge on any atom is -0.368 e. The quantitative estimate of drug-likeness (QED) is 0.734. The third-order valence-corrected chi connectivity index (χ3v) is 3.86. The molecule has 19 heavy (non-hydrogen) atoms. The summed E-state index contributed by atoms with van der Waals surface area (Å²) in [6, 6.07) is 0.210. The molecule has 0 radical (unpaired) electrons. The first-order valence-electron chi connectivity index (χ1n) is 6.45. The van der Waals surface area contributed by atoms with E-state index in [1.165, 1.54) is 0 Å². The highest BCUT2D eigenvalue weighted by Crippen LogP contribution is 2.16. The van der Waals surface area contributed by atoms with Crippen molar-refractivity contribution >= 4 is 5.91 Å². The number of nitrogens with two attached hydrogens (primary N) is 1. The number of aromatic nitrogens is 2. The molecule has 1 heterocycles. The zero-order valence-corrected chi connectivity index (χ0v) is 12.5. The van der Waals surface area contributed by atoms with Crippen molar-refractivity contribution in [3.8, 4) is 0 Å². The Kier molecular flexibility index (Phi) is 5.08. The molecule has 2 unspecified atom stereocenters. The number of hydrogen-bond acceptors (Lipinski definition) is 4. The predicted molar refractivity (Wildman–Crippen MR) is 75.4 cm³/mol. The lowest BCUT2D eigenvalue weighted by Gasteiger charge is -2.33. The number of likely N-dealkylation sites (N-methyl/N-ethyl adjacent to an activating group) is 1. The van der Waals surface area contributed by atoms with Crippen LogP contribution in [0.3, 0.4) is 0 Å². The maximum absolute atomic E-state index is 11.5. The molecule has 1 aromatic heterocycles. The lowest BCUT2D eigenvalue weighted by molar-refractivity contribution is -0.124. The standard InChI is InChI=1S/C13H25N5O/c1-10(8-13(2,15-3)12(14)19)18(5)9-11-16-6-7-17(11)4/h6-7,10,15H,8-9H2,1-5H3,(H2,14,19). The van der Waals surface area contributed by atoms with E-state index < -0.39 is 5.54 Å². The van der Waals surface area contributed by atoms with E-state index in [-0.39, 0.29) is 11.9 Å². The SMILES string of the molecule is CNC(C)(CC(C)N(C)Cc1nccn1C)C(N)=O. The van der Waals surface area contributed by atoms with Crippen LogP contribution in [0.25, 0.3) is 0 Å². The molecule has 0 aromatic carbocycles. The van der Waals surface area contributed by atoms with Crippen LogP contribution < -0.4 is 11.1 Å². The van der Waals surface area contributed by atoms with Crippen molar-refractivity contribution in [1.82, 2.24) is 19.8 Å². The number of aryl methyl sites for hydroxylation is 1. The first-order chi connectivity index (χ1) is 8.80. The van der Waals surface area contributed by atoms with Crippen LogP contribution in [0.4, 0.5) is 0 Å². The zero-order valence-electron chi connectivity index (χ0n) is 12.5. The van der Waals surface area contributed by atoms with E-state index in [4.69, 9.17) is 5.73 Å². The Morgan fingerprint density at radius 2 is 2.32 bits per heavy atom. The largest absolute Gasteiger partial charge is 0.368 e. The number of carbonyl (C=O) groups excluding carboxylic acids is 1. The fraction of sp³-hybridized carbons (Fsp3) is 0.692. The average molecular weight is 267 g/mol. The van der Waals surface area contributed by atoms with Crippen molar-refractivity contribution in [2.24, 2.45) is 12.8 Å². The number of amides is 1. The van der Waals surface area contributed by atoms with Gasteiger partial charge in [-0.2, -0.15) is 0 Å². The smallest absolute Gasteiger partial charge is 0.237 e. The fourth-order valence-electron chi connectivity index (χ4n) is 2.00. The van der Waals surface area contributed by atoms with Gasteiger partial charge in [0.2, 0.25) is 5.91 Å². The molecular weight excluding hydrogens is 242 g/mol. The summed E-state index contributed by atoms with van der Waals surface area (Å²) in [4.78, 5) is 18.0. The molecule has 0 aliphatic heterocycles. The second kappa shape index (κ2) is 6.16. The summed E-state index contributed by atoms with van der Waals surface area (Å²) in [6.45, 7) is 4.66. The molecule has 0 aliphatic rings. The molecule has 0 bridgehead atoms. The second-order valence-corrected chi connectivity index (χ2v) is 5.37. The summed E-state index contributed by atoms with van der Waals surface area (Å²) >= 11 is 0. The first-order valence-corrected chi connectivity index (χ1v) is 6.45. The number of hydrogen-bond donors (Lipinski definition) is 2. The van der Waals surface area contributed by atoms with Gasteiger partial charge in [-0.1, -0.05) is 0 Å². The summed E-state index contributed by atoms with van der Waals surface area (Å²) < 4.78 is 1.99. The van der Waals surface area contributed by atoms with Crippen LogP contribution in [-0.2, 0) is 18.4 Å². The predicted octanol–water partition coefficient (Wildman–Crippen LogP) is 0.0939. The van der Waals surface area contributed by atoms with Crippen molar-refractivity contribution in [3.05, 3.63) is 18.2 Å². The Bertz CT molecular complexity index is 430. The van der Waals surface area contributed by atoms with Gasteiger partial charge >= 0.3 is 0 Å². The van der Waals surface area contributed by atoms with Gasteiger partial charge in [-0.25, -0.2) is 4.98 Å². The molecule has 0 fully saturated rings. The zero-order chi connectivity index (χ0) is 14.6. The fourth-order valence-corrected chi connectivity index (χ4v) is 2.00. The third kappa shape index (κ3) is 3.78. The number of carbonyl (C=O) groups is 1. The number of imidazole rings is 1. The average Bonchev–Trinajstić information content (AvgIpc) is 2.74. The van der Waals surface area contributed by atoms with E-state index in [1.807, 2.05) is 31.8 Å². The highest BCUT2D eigenvalue weighted by atomic mass is 16.1. The van der Waals surface area contributed by atoms with Gasteiger partial charge in [0.05, 0.1) is 12.1 Å². The van der Waals surface area contributed by atoms with Crippen LogP contribution in [-0.4, -0.2) is 46.0 Å². The minimum absolute atomic E-state index is 0.210. The van der Waals surface area contributed by atoms with Crippen LogP contribution in [0, 0.1) is 0 Å². The lowest BCUT2D eigenvalue weighted by Crippen LogP contribution is -2.54. The van der Waals surface area contributed by atoms with E-state index in [2.05, 4.69) is 22.1 Å². The van der Waals surface area contributed by atoms with Crippen molar-refractivity contribution in [2.45, 2.75) is 38.4 Å². The first kappa shape index (κ1) is 15.7. The molecule has 0 aliphatic carbocycles. The maximum Gasteiger partial charge on any atom is 0.237 e. The maximum atomic E-state index is 11.5. The van der Waals surface area contributed by atoms with Gasteiger partial charge in [-0.15, -0.1) is 0 Å². The van der Waals surface area contributed by atoms with Gasteiger partial charge in [0.15, 0.2) is 0 Å². The van der Waals surface area contributed by atoms with Crippen LogP contribution in [0.15, 0.2) is 12.4 Å². The van der Waals surface area contributed by atoms with Gasteiger partial charge < -0.3 is 15.6 Å². The number of primary amides is 1. The Hall–Kier alpha value is -1.40. The Morgan fingerprint density at radius 1 is 1.68 bits per heavy atom. The molecule has 1 aromatic rings. The topological polar surface area (TPSA) is 76.2 Å². The summed E-state index contributed by atoms with van der Waals surface area (Å²) in [5.41, 5.74) is 4.77. The molecule has 1 amide bonds. The van der Waals surface area contributed by atoms with Crippen molar-refractivity contribution in [3.63, 3.8) is 0 Å². The van der Waals surface area contributed by atoms with Gasteiger partial charge in [0, 0.05) is 25.5 Å². The van der Waals surface area contributed by atoms with Crippen molar-refractivity contribution in [2.75, 3.05) is 14.1 Å².